The number of methoxy groups -OCH3 is 2. The van der Waals surface area contributed by atoms with Gasteiger partial charge in [0.25, 0.3) is 5.91 Å². The van der Waals surface area contributed by atoms with Crippen LogP contribution < -0.4 is 10.1 Å². The van der Waals surface area contributed by atoms with E-state index in [4.69, 9.17) is 9.47 Å². The topological polar surface area (TPSA) is 71.0 Å². The molecule has 0 unspecified atom stereocenters. The molecule has 6 nitrogen and oxygen atoms in total. The van der Waals surface area contributed by atoms with Crippen molar-refractivity contribution in [1.29, 1.82) is 0 Å². The minimum absolute atomic E-state index is 0.0281. The normalized spacial score (nSPS) is 15.1. The average molecular weight is 435 g/mol. The van der Waals surface area contributed by atoms with E-state index in [1.165, 1.54) is 35.1 Å². The molecule has 3 aromatic rings. The molecule has 1 fully saturated rings. The van der Waals surface area contributed by atoms with Gasteiger partial charge in [0, 0.05) is 38.3 Å². The van der Waals surface area contributed by atoms with Gasteiger partial charge in [-0.3, -0.25) is 9.69 Å². The Morgan fingerprint density at radius 2 is 1.72 bits per heavy atom. The minimum Gasteiger partial charge on any atom is -0.504 e. The van der Waals surface area contributed by atoms with Crippen LogP contribution in [0.3, 0.4) is 0 Å². The molecule has 2 N–H and O–H groups in total. The Morgan fingerprint density at radius 3 is 2.41 bits per heavy atom. The molecule has 1 aliphatic heterocycles. The van der Waals surface area contributed by atoms with Gasteiger partial charge in [-0.15, -0.1) is 0 Å². The maximum absolute atomic E-state index is 12.6. The highest BCUT2D eigenvalue weighted by molar-refractivity contribution is 5.95. The number of amides is 1. The second kappa shape index (κ2) is 10.0. The standard InChI is InChI=1S/C26H30N2O4/c1-31-17-19-4-6-20-5-3-18(13-22(20)14-19)16-28-11-9-23(10-12-28)27-26(30)21-7-8-25(32-2)24(29)15-21/h3-8,13-15,23,29H,9-12,16-17H2,1-2H3,(H,27,30). The second-order valence-electron chi connectivity index (χ2n) is 8.36. The maximum Gasteiger partial charge on any atom is 0.251 e. The van der Waals surface area contributed by atoms with Gasteiger partial charge in [-0.25, -0.2) is 0 Å². The van der Waals surface area contributed by atoms with Crippen molar-refractivity contribution in [3.63, 3.8) is 0 Å². The zero-order valence-corrected chi connectivity index (χ0v) is 18.6. The first-order valence-corrected chi connectivity index (χ1v) is 11.0. The lowest BCUT2D eigenvalue weighted by Crippen LogP contribution is -2.44. The number of phenols is 1. The number of hydrogen-bond donors (Lipinski definition) is 2. The van der Waals surface area contributed by atoms with Crippen molar-refractivity contribution in [1.82, 2.24) is 10.2 Å². The van der Waals surface area contributed by atoms with E-state index in [1.807, 2.05) is 0 Å². The first-order valence-electron chi connectivity index (χ1n) is 11.0. The number of likely N-dealkylation sites (tertiary alicyclic amines) is 1. The van der Waals surface area contributed by atoms with Gasteiger partial charge in [0.2, 0.25) is 0 Å². The minimum atomic E-state index is -0.164. The molecule has 1 heterocycles. The Balaban J connectivity index is 1.31. The van der Waals surface area contributed by atoms with Gasteiger partial charge in [-0.1, -0.05) is 24.3 Å². The molecular formula is C26H30N2O4. The number of aromatic hydroxyl groups is 1. The molecule has 32 heavy (non-hydrogen) atoms. The Kier molecular flexibility index (Phi) is 6.93. The summed E-state index contributed by atoms with van der Waals surface area (Å²) in [4.78, 5) is 15.0. The summed E-state index contributed by atoms with van der Waals surface area (Å²) in [6.07, 6.45) is 1.80. The summed E-state index contributed by atoms with van der Waals surface area (Å²) >= 11 is 0. The fraction of sp³-hybridized carbons (Fsp3) is 0.346. The summed E-state index contributed by atoms with van der Waals surface area (Å²) in [6, 6.07) is 17.9. The van der Waals surface area contributed by atoms with Gasteiger partial charge in [-0.2, -0.15) is 0 Å². The van der Waals surface area contributed by atoms with E-state index in [2.05, 4.69) is 46.6 Å². The van der Waals surface area contributed by atoms with Crippen LogP contribution in [0.15, 0.2) is 54.6 Å². The first-order chi connectivity index (χ1) is 15.6. The van der Waals surface area contributed by atoms with E-state index < -0.39 is 0 Å². The zero-order chi connectivity index (χ0) is 22.5. The van der Waals surface area contributed by atoms with Crippen molar-refractivity contribution in [3.8, 4) is 11.5 Å². The molecule has 3 aromatic carbocycles. The van der Waals surface area contributed by atoms with E-state index in [1.54, 1.807) is 19.2 Å². The maximum atomic E-state index is 12.6. The Hall–Kier alpha value is -3.09. The van der Waals surface area contributed by atoms with Crippen LogP contribution >= 0.6 is 0 Å². The molecule has 6 heteroatoms. The largest absolute Gasteiger partial charge is 0.504 e. The molecular weight excluding hydrogens is 404 g/mol. The summed E-state index contributed by atoms with van der Waals surface area (Å²) in [5.41, 5.74) is 2.91. The van der Waals surface area contributed by atoms with Gasteiger partial charge in [0.15, 0.2) is 11.5 Å². The van der Waals surface area contributed by atoms with Crippen molar-refractivity contribution >= 4 is 16.7 Å². The summed E-state index contributed by atoms with van der Waals surface area (Å²) < 4.78 is 10.3. The number of carbonyl (C=O) groups is 1. The van der Waals surface area contributed by atoms with Crippen molar-refractivity contribution in [2.45, 2.75) is 32.0 Å². The summed E-state index contributed by atoms with van der Waals surface area (Å²) in [5.74, 6) is 0.168. The molecule has 1 saturated heterocycles. The molecule has 0 aromatic heterocycles. The van der Waals surface area contributed by atoms with Crippen LogP contribution in [0, 0.1) is 0 Å². The zero-order valence-electron chi connectivity index (χ0n) is 18.6. The Labute approximate surface area is 188 Å². The van der Waals surface area contributed by atoms with Crippen molar-refractivity contribution in [2.75, 3.05) is 27.3 Å². The number of hydrogen-bond acceptors (Lipinski definition) is 5. The fourth-order valence-corrected chi connectivity index (χ4v) is 4.29. The third kappa shape index (κ3) is 5.21. The predicted octanol–water partition coefficient (Wildman–Crippen LogP) is 4.09. The molecule has 0 saturated carbocycles. The van der Waals surface area contributed by atoms with Crippen LogP contribution in [-0.4, -0.2) is 49.3 Å². The summed E-state index contributed by atoms with van der Waals surface area (Å²) in [6.45, 7) is 3.38. The fourth-order valence-electron chi connectivity index (χ4n) is 4.29. The SMILES string of the molecule is COCc1ccc2ccc(CN3CCC(NC(=O)c4ccc(OC)c(O)c4)CC3)cc2c1. The van der Waals surface area contributed by atoms with Gasteiger partial charge in [0.1, 0.15) is 0 Å². The lowest BCUT2D eigenvalue weighted by molar-refractivity contribution is 0.0908. The van der Waals surface area contributed by atoms with Crippen LogP contribution in [-0.2, 0) is 17.9 Å². The Morgan fingerprint density at radius 1 is 1.00 bits per heavy atom. The number of phenolic OH excluding ortho intramolecular Hbond substituents is 1. The molecule has 0 bridgehead atoms. The van der Waals surface area contributed by atoms with Gasteiger partial charge < -0.3 is 19.9 Å². The highest BCUT2D eigenvalue weighted by atomic mass is 16.5. The molecule has 168 valence electrons. The highest BCUT2D eigenvalue weighted by Gasteiger charge is 2.21. The average Bonchev–Trinajstić information content (AvgIpc) is 2.80. The Bertz CT molecular complexity index is 1090. The van der Waals surface area contributed by atoms with Crippen LogP contribution in [0.5, 0.6) is 11.5 Å². The predicted molar refractivity (Wildman–Crippen MR) is 125 cm³/mol. The molecule has 0 atom stereocenters. The molecule has 1 amide bonds. The number of piperidine rings is 1. The molecule has 0 spiro atoms. The molecule has 1 aliphatic rings. The molecule has 0 radical (unpaired) electrons. The van der Waals surface area contributed by atoms with Gasteiger partial charge >= 0.3 is 0 Å². The van der Waals surface area contributed by atoms with E-state index in [0.717, 1.165) is 32.5 Å². The number of fused-ring (bicyclic) bond motifs is 1. The second-order valence-corrected chi connectivity index (χ2v) is 8.36. The summed E-state index contributed by atoms with van der Waals surface area (Å²) in [7, 11) is 3.20. The number of ether oxygens (including phenoxy) is 2. The number of nitrogens with zero attached hydrogens (tertiary/aromatic N) is 1. The third-order valence-electron chi connectivity index (χ3n) is 6.05. The number of rotatable bonds is 7. The van der Waals surface area contributed by atoms with Gasteiger partial charge in [-0.05, 0) is 65.1 Å². The van der Waals surface area contributed by atoms with E-state index in [-0.39, 0.29) is 17.7 Å². The van der Waals surface area contributed by atoms with Crippen LogP contribution in [0.1, 0.15) is 34.3 Å². The van der Waals surface area contributed by atoms with E-state index >= 15 is 0 Å². The lowest BCUT2D eigenvalue weighted by Gasteiger charge is -2.32. The van der Waals surface area contributed by atoms with Gasteiger partial charge in [0.05, 0.1) is 13.7 Å². The highest BCUT2D eigenvalue weighted by Crippen LogP contribution is 2.26. The van der Waals surface area contributed by atoms with Crippen LogP contribution in [0.25, 0.3) is 10.8 Å². The van der Waals surface area contributed by atoms with Crippen molar-refractivity contribution in [2.24, 2.45) is 0 Å². The number of benzene rings is 3. The quantitative estimate of drug-likeness (QED) is 0.586. The van der Waals surface area contributed by atoms with E-state index in [9.17, 15) is 9.90 Å². The summed E-state index contributed by atoms with van der Waals surface area (Å²) in [5, 5.41) is 15.5. The van der Waals surface area contributed by atoms with Crippen molar-refractivity contribution in [3.05, 3.63) is 71.3 Å². The van der Waals surface area contributed by atoms with Crippen molar-refractivity contribution < 1.29 is 19.4 Å². The molecule has 0 aliphatic carbocycles. The van der Waals surface area contributed by atoms with E-state index in [0.29, 0.717) is 17.9 Å². The van der Waals surface area contributed by atoms with Crippen LogP contribution in [0.4, 0.5) is 0 Å². The first kappa shape index (κ1) is 22.1. The lowest BCUT2D eigenvalue weighted by atomic mass is 10.0. The molecule has 4 rings (SSSR count). The van der Waals surface area contributed by atoms with Crippen LogP contribution in [0.2, 0.25) is 0 Å². The smallest absolute Gasteiger partial charge is 0.251 e. The third-order valence-corrected chi connectivity index (χ3v) is 6.05. The monoisotopic (exact) mass is 434 g/mol. The number of nitrogens with one attached hydrogen (secondary N) is 1. The number of carbonyl (C=O) groups excluding carboxylic acids is 1.